The molecule has 1 amide bonds. The minimum Gasteiger partial charge on any atom is -0.444 e. The standard InChI is InChI=1S/C14H18N2O2/c1-14(2,3)18-13(17)16-11-7-5-9-12-8-4-6-10-15-12/h4,6,8,10H,7,11H2,1-3H3,(H,16,17). The fourth-order valence-electron chi connectivity index (χ4n) is 1.13. The highest BCUT2D eigenvalue weighted by molar-refractivity contribution is 5.67. The molecule has 1 N–H and O–H groups in total. The maximum absolute atomic E-state index is 11.3. The van der Waals surface area contributed by atoms with Crippen molar-refractivity contribution in [3.05, 3.63) is 30.1 Å². The van der Waals surface area contributed by atoms with Crippen molar-refractivity contribution in [2.24, 2.45) is 0 Å². The van der Waals surface area contributed by atoms with Gasteiger partial charge in [0.25, 0.3) is 0 Å². The lowest BCUT2D eigenvalue weighted by Crippen LogP contribution is -2.32. The van der Waals surface area contributed by atoms with Crippen LogP contribution in [-0.2, 0) is 4.74 Å². The monoisotopic (exact) mass is 246 g/mol. The van der Waals surface area contributed by atoms with Gasteiger partial charge in [-0.25, -0.2) is 9.78 Å². The number of aromatic nitrogens is 1. The first-order chi connectivity index (χ1) is 8.47. The molecular formula is C14H18N2O2. The molecule has 0 aliphatic heterocycles. The first-order valence-corrected chi connectivity index (χ1v) is 5.84. The molecule has 18 heavy (non-hydrogen) atoms. The maximum atomic E-state index is 11.3. The molecule has 0 radical (unpaired) electrons. The van der Waals surface area contributed by atoms with E-state index in [0.29, 0.717) is 13.0 Å². The van der Waals surface area contributed by atoms with Gasteiger partial charge in [-0.15, -0.1) is 0 Å². The zero-order valence-electron chi connectivity index (χ0n) is 11.0. The molecule has 0 aliphatic rings. The number of alkyl carbamates (subject to hydrolysis) is 1. The third-order valence-corrected chi connectivity index (χ3v) is 1.80. The minimum atomic E-state index is -0.469. The van der Waals surface area contributed by atoms with Gasteiger partial charge in [0.2, 0.25) is 0 Å². The maximum Gasteiger partial charge on any atom is 0.407 e. The molecule has 0 aliphatic carbocycles. The average Bonchev–Trinajstić information content (AvgIpc) is 2.27. The third-order valence-electron chi connectivity index (χ3n) is 1.80. The van der Waals surface area contributed by atoms with Gasteiger partial charge in [-0.1, -0.05) is 12.0 Å². The van der Waals surface area contributed by atoms with Crippen LogP contribution in [0.2, 0.25) is 0 Å². The predicted octanol–water partition coefficient (Wildman–Crippen LogP) is 2.35. The third kappa shape index (κ3) is 6.54. The molecule has 1 aromatic rings. The normalized spacial score (nSPS) is 10.2. The molecule has 1 rings (SSSR count). The minimum absolute atomic E-state index is 0.415. The van der Waals surface area contributed by atoms with E-state index in [0.717, 1.165) is 5.69 Å². The molecule has 0 bridgehead atoms. The fourth-order valence-corrected chi connectivity index (χ4v) is 1.13. The highest BCUT2D eigenvalue weighted by atomic mass is 16.6. The van der Waals surface area contributed by atoms with E-state index in [4.69, 9.17) is 4.74 Å². The van der Waals surface area contributed by atoms with Crippen molar-refractivity contribution in [1.82, 2.24) is 10.3 Å². The highest BCUT2D eigenvalue weighted by Crippen LogP contribution is 2.06. The van der Waals surface area contributed by atoms with E-state index in [1.165, 1.54) is 0 Å². The lowest BCUT2D eigenvalue weighted by molar-refractivity contribution is 0.0529. The van der Waals surface area contributed by atoms with Crippen LogP contribution >= 0.6 is 0 Å². The quantitative estimate of drug-likeness (QED) is 0.643. The highest BCUT2D eigenvalue weighted by Gasteiger charge is 2.15. The van der Waals surface area contributed by atoms with E-state index in [2.05, 4.69) is 22.1 Å². The lowest BCUT2D eigenvalue weighted by Gasteiger charge is -2.19. The Morgan fingerprint density at radius 2 is 2.22 bits per heavy atom. The Morgan fingerprint density at radius 3 is 2.83 bits per heavy atom. The average molecular weight is 246 g/mol. The molecule has 0 atom stereocenters. The van der Waals surface area contributed by atoms with Crippen molar-refractivity contribution < 1.29 is 9.53 Å². The molecule has 4 heteroatoms. The second-order valence-electron chi connectivity index (χ2n) is 4.70. The second kappa shape index (κ2) is 6.65. The van der Waals surface area contributed by atoms with Gasteiger partial charge in [-0.05, 0) is 38.8 Å². The summed E-state index contributed by atoms with van der Waals surface area (Å²) in [7, 11) is 0. The Bertz CT molecular complexity index is 438. The molecule has 0 saturated carbocycles. The summed E-state index contributed by atoms with van der Waals surface area (Å²) in [4.78, 5) is 15.4. The number of carbonyl (C=O) groups is 1. The van der Waals surface area contributed by atoms with Crippen LogP contribution in [0.25, 0.3) is 0 Å². The number of nitrogens with one attached hydrogen (secondary N) is 1. The number of ether oxygens (including phenoxy) is 1. The van der Waals surface area contributed by atoms with Crippen LogP contribution in [0.15, 0.2) is 24.4 Å². The zero-order valence-corrected chi connectivity index (χ0v) is 11.0. The van der Waals surface area contributed by atoms with Gasteiger partial charge < -0.3 is 10.1 Å². The Hall–Kier alpha value is -2.02. The molecule has 0 spiro atoms. The number of rotatable bonds is 2. The topological polar surface area (TPSA) is 51.2 Å². The van der Waals surface area contributed by atoms with Crippen LogP contribution in [0, 0.1) is 11.8 Å². The summed E-state index contributed by atoms with van der Waals surface area (Å²) in [5, 5.41) is 2.64. The van der Waals surface area contributed by atoms with Gasteiger partial charge in [0.1, 0.15) is 11.3 Å². The zero-order chi connectivity index (χ0) is 13.4. The van der Waals surface area contributed by atoms with Crippen LogP contribution < -0.4 is 5.32 Å². The largest absolute Gasteiger partial charge is 0.444 e. The summed E-state index contributed by atoms with van der Waals surface area (Å²) in [6.07, 6.45) is 1.85. The molecule has 0 aromatic carbocycles. The molecule has 0 fully saturated rings. The van der Waals surface area contributed by atoms with Crippen molar-refractivity contribution in [3.63, 3.8) is 0 Å². The molecule has 0 saturated heterocycles. The van der Waals surface area contributed by atoms with Gasteiger partial charge in [0, 0.05) is 19.2 Å². The van der Waals surface area contributed by atoms with Gasteiger partial charge in [-0.3, -0.25) is 0 Å². The Morgan fingerprint density at radius 1 is 1.44 bits per heavy atom. The van der Waals surface area contributed by atoms with Gasteiger partial charge in [0.15, 0.2) is 0 Å². The van der Waals surface area contributed by atoms with Gasteiger partial charge in [0.05, 0.1) is 0 Å². The SMILES string of the molecule is CC(C)(C)OC(=O)NCCC#Cc1ccccn1. The summed E-state index contributed by atoms with van der Waals surface area (Å²) in [6.45, 7) is 5.95. The van der Waals surface area contributed by atoms with E-state index < -0.39 is 11.7 Å². The lowest BCUT2D eigenvalue weighted by atomic mass is 10.2. The fraction of sp³-hybridized carbons (Fsp3) is 0.429. The van der Waals surface area contributed by atoms with Crippen molar-refractivity contribution in [2.45, 2.75) is 32.8 Å². The molecule has 1 heterocycles. The van der Waals surface area contributed by atoms with Gasteiger partial charge >= 0.3 is 6.09 Å². The smallest absolute Gasteiger partial charge is 0.407 e. The molecule has 96 valence electrons. The van der Waals surface area contributed by atoms with Crippen LogP contribution in [0.4, 0.5) is 4.79 Å². The summed E-state index contributed by atoms with van der Waals surface area (Å²) < 4.78 is 5.09. The summed E-state index contributed by atoms with van der Waals surface area (Å²) in [6, 6.07) is 5.57. The number of hydrogen-bond donors (Lipinski definition) is 1. The van der Waals surface area contributed by atoms with E-state index in [-0.39, 0.29) is 0 Å². The first kappa shape index (κ1) is 14.0. The van der Waals surface area contributed by atoms with Crippen molar-refractivity contribution in [2.75, 3.05) is 6.54 Å². The van der Waals surface area contributed by atoms with Crippen LogP contribution in [-0.4, -0.2) is 23.2 Å². The number of hydrogen-bond acceptors (Lipinski definition) is 3. The second-order valence-corrected chi connectivity index (χ2v) is 4.70. The van der Waals surface area contributed by atoms with Crippen molar-refractivity contribution >= 4 is 6.09 Å². The summed E-state index contributed by atoms with van der Waals surface area (Å²) >= 11 is 0. The Kier molecular flexibility index (Phi) is 5.19. The van der Waals surface area contributed by atoms with Gasteiger partial charge in [-0.2, -0.15) is 0 Å². The summed E-state index contributed by atoms with van der Waals surface area (Å²) in [5.41, 5.74) is 0.263. The first-order valence-electron chi connectivity index (χ1n) is 5.84. The number of amides is 1. The van der Waals surface area contributed by atoms with Crippen molar-refractivity contribution in [3.8, 4) is 11.8 Å². The predicted molar refractivity (Wildman–Crippen MR) is 70.0 cm³/mol. The van der Waals surface area contributed by atoms with E-state index in [9.17, 15) is 4.79 Å². The summed E-state index contributed by atoms with van der Waals surface area (Å²) in [5.74, 6) is 5.85. The molecule has 0 unspecified atom stereocenters. The molecule has 4 nitrogen and oxygen atoms in total. The van der Waals surface area contributed by atoms with Crippen LogP contribution in [0.1, 0.15) is 32.9 Å². The Labute approximate surface area is 108 Å². The van der Waals surface area contributed by atoms with Crippen LogP contribution in [0.5, 0.6) is 0 Å². The van der Waals surface area contributed by atoms with Crippen LogP contribution in [0.3, 0.4) is 0 Å². The number of carbonyl (C=O) groups excluding carboxylic acids is 1. The number of pyridine rings is 1. The Balaban J connectivity index is 2.24. The van der Waals surface area contributed by atoms with E-state index in [1.54, 1.807) is 6.20 Å². The van der Waals surface area contributed by atoms with E-state index in [1.807, 2.05) is 39.0 Å². The molecular weight excluding hydrogens is 228 g/mol. The van der Waals surface area contributed by atoms with Crippen molar-refractivity contribution in [1.29, 1.82) is 0 Å². The van der Waals surface area contributed by atoms with E-state index >= 15 is 0 Å². The molecule has 1 aromatic heterocycles. The number of nitrogens with zero attached hydrogens (tertiary/aromatic N) is 1.